The number of hydrogen-bond acceptors (Lipinski definition) is 3. The van der Waals surface area contributed by atoms with E-state index in [1.54, 1.807) is 12.1 Å². The molecule has 0 unspecified atom stereocenters. The van der Waals surface area contributed by atoms with Gasteiger partial charge in [0, 0.05) is 6.54 Å². The zero-order chi connectivity index (χ0) is 21.1. The maximum absolute atomic E-state index is 9.70. The minimum atomic E-state index is 0.302. The van der Waals surface area contributed by atoms with Crippen LogP contribution in [0.25, 0.3) is 5.57 Å². The molecule has 2 aromatic rings. The summed E-state index contributed by atoms with van der Waals surface area (Å²) in [6.07, 6.45) is 4.51. The number of allylic oxidation sites excluding steroid dienone is 1. The Bertz CT molecular complexity index is 743. The molecule has 0 aliphatic carbocycles. The molecule has 2 rings (SSSR count). The minimum absolute atomic E-state index is 0.302. The fraction of sp³-hybridized carbons (Fsp3) is 0.462. The molecule has 1 N–H and O–H groups in total. The lowest BCUT2D eigenvalue weighted by Gasteiger charge is -2.18. The second kappa shape index (κ2) is 12.3. The summed E-state index contributed by atoms with van der Waals surface area (Å²) in [5.41, 5.74) is 5.12. The molecule has 0 amide bonds. The first-order chi connectivity index (χ1) is 14.1. The number of hydrogen-bond donors (Lipinski definition) is 1. The second-order valence-corrected chi connectivity index (χ2v) is 7.38. The molecule has 3 heteroatoms. The maximum Gasteiger partial charge on any atom is 0.119 e. The lowest BCUT2D eigenvalue weighted by molar-refractivity contribution is 0.223. The minimum Gasteiger partial charge on any atom is -0.508 e. The van der Waals surface area contributed by atoms with Crippen LogP contribution in [0.4, 0.5) is 0 Å². The van der Waals surface area contributed by atoms with Crippen LogP contribution in [0, 0.1) is 0 Å². The molecule has 0 radical (unpaired) electrons. The normalized spacial score (nSPS) is 12.2. The quantitative estimate of drug-likeness (QED) is 0.444. The number of phenolic OH excluding ortho intramolecular Hbond substituents is 1. The molecule has 158 valence electrons. The van der Waals surface area contributed by atoms with E-state index in [4.69, 9.17) is 4.74 Å². The molecule has 0 aromatic heterocycles. The van der Waals surface area contributed by atoms with Crippen LogP contribution in [0.15, 0.2) is 54.1 Å². The Kier molecular flexibility index (Phi) is 9.79. The topological polar surface area (TPSA) is 32.7 Å². The number of likely N-dealkylation sites (N-methyl/N-ethyl adjacent to an activating group) is 1. The van der Waals surface area contributed by atoms with E-state index in [0.717, 1.165) is 43.8 Å². The van der Waals surface area contributed by atoms with Gasteiger partial charge in [0.05, 0.1) is 0 Å². The molecular weight excluding hydrogens is 358 g/mol. The van der Waals surface area contributed by atoms with Crippen molar-refractivity contribution in [1.29, 1.82) is 0 Å². The Morgan fingerprint density at radius 2 is 1.45 bits per heavy atom. The summed E-state index contributed by atoms with van der Waals surface area (Å²) in [5.74, 6) is 1.22. The van der Waals surface area contributed by atoms with Crippen LogP contribution in [0.5, 0.6) is 11.5 Å². The molecule has 0 heterocycles. The predicted molar refractivity (Wildman–Crippen MR) is 124 cm³/mol. The number of benzene rings is 2. The molecule has 0 saturated carbocycles. The van der Waals surface area contributed by atoms with E-state index in [0.29, 0.717) is 12.4 Å². The second-order valence-electron chi connectivity index (χ2n) is 7.38. The van der Waals surface area contributed by atoms with Crippen LogP contribution < -0.4 is 4.74 Å². The first-order valence-electron chi connectivity index (χ1n) is 11.1. The number of phenols is 1. The van der Waals surface area contributed by atoms with E-state index in [-0.39, 0.29) is 0 Å². The SMILES string of the molecule is CCCC/C(CC)=C(\c1ccc(O)cc1)c1ccc(OCCN(CC)CC)cc1. The first kappa shape index (κ1) is 23.0. The molecule has 0 aliphatic heterocycles. The summed E-state index contributed by atoms with van der Waals surface area (Å²) in [4.78, 5) is 2.36. The smallest absolute Gasteiger partial charge is 0.119 e. The molecule has 0 spiro atoms. The lowest BCUT2D eigenvalue weighted by Crippen LogP contribution is -2.27. The van der Waals surface area contributed by atoms with Crippen LogP contribution >= 0.6 is 0 Å². The Morgan fingerprint density at radius 1 is 0.862 bits per heavy atom. The van der Waals surface area contributed by atoms with Crippen molar-refractivity contribution >= 4 is 5.57 Å². The number of nitrogens with zero attached hydrogens (tertiary/aromatic N) is 1. The van der Waals surface area contributed by atoms with E-state index < -0.39 is 0 Å². The third-order valence-corrected chi connectivity index (χ3v) is 5.48. The fourth-order valence-corrected chi connectivity index (χ4v) is 3.62. The first-order valence-corrected chi connectivity index (χ1v) is 11.1. The average Bonchev–Trinajstić information content (AvgIpc) is 2.76. The van der Waals surface area contributed by atoms with E-state index in [2.05, 4.69) is 56.9 Å². The van der Waals surface area contributed by atoms with Crippen molar-refractivity contribution in [3.05, 3.63) is 65.2 Å². The molecule has 0 bridgehead atoms. The van der Waals surface area contributed by atoms with E-state index in [1.807, 2.05) is 12.1 Å². The highest BCUT2D eigenvalue weighted by Crippen LogP contribution is 2.33. The Balaban J connectivity index is 2.24. The fourth-order valence-electron chi connectivity index (χ4n) is 3.62. The van der Waals surface area contributed by atoms with Gasteiger partial charge in [0.1, 0.15) is 18.1 Å². The van der Waals surface area contributed by atoms with Gasteiger partial charge in [-0.25, -0.2) is 0 Å². The van der Waals surface area contributed by atoms with E-state index >= 15 is 0 Å². The Morgan fingerprint density at radius 3 is 1.97 bits per heavy atom. The van der Waals surface area contributed by atoms with Gasteiger partial charge in [-0.05, 0) is 73.3 Å². The monoisotopic (exact) mass is 395 g/mol. The van der Waals surface area contributed by atoms with Gasteiger partial charge in [-0.1, -0.05) is 64.0 Å². The van der Waals surface area contributed by atoms with Crippen molar-refractivity contribution in [2.24, 2.45) is 0 Å². The highest BCUT2D eigenvalue weighted by atomic mass is 16.5. The lowest BCUT2D eigenvalue weighted by atomic mass is 9.89. The third kappa shape index (κ3) is 6.93. The summed E-state index contributed by atoms with van der Waals surface area (Å²) >= 11 is 0. The van der Waals surface area contributed by atoms with E-state index in [1.165, 1.54) is 29.6 Å². The zero-order valence-corrected chi connectivity index (χ0v) is 18.6. The van der Waals surface area contributed by atoms with Gasteiger partial charge in [-0.15, -0.1) is 0 Å². The summed E-state index contributed by atoms with van der Waals surface area (Å²) in [6, 6.07) is 16.0. The van der Waals surface area contributed by atoms with Gasteiger partial charge in [-0.2, -0.15) is 0 Å². The maximum atomic E-state index is 9.70. The van der Waals surface area contributed by atoms with Gasteiger partial charge in [-0.3, -0.25) is 0 Å². The van der Waals surface area contributed by atoms with Crippen molar-refractivity contribution in [2.75, 3.05) is 26.2 Å². The standard InChI is InChI=1S/C26H37NO2/c1-5-9-10-21(6-2)26(22-11-15-24(28)16-12-22)23-13-17-25(18-14-23)29-20-19-27(7-3)8-4/h11-18,28H,5-10,19-20H2,1-4H3/b26-21+. The third-order valence-electron chi connectivity index (χ3n) is 5.48. The van der Waals surface area contributed by atoms with Gasteiger partial charge in [0.2, 0.25) is 0 Å². The van der Waals surface area contributed by atoms with Crippen LogP contribution in [0.3, 0.4) is 0 Å². The van der Waals surface area contributed by atoms with Gasteiger partial charge in [0.25, 0.3) is 0 Å². The molecule has 2 aromatic carbocycles. The molecular formula is C26H37NO2. The average molecular weight is 396 g/mol. The van der Waals surface area contributed by atoms with E-state index in [9.17, 15) is 5.11 Å². The predicted octanol–water partition coefficient (Wildman–Crippen LogP) is 6.51. The zero-order valence-electron chi connectivity index (χ0n) is 18.6. The van der Waals surface area contributed by atoms with Crippen molar-refractivity contribution < 1.29 is 9.84 Å². The summed E-state index contributed by atoms with van der Waals surface area (Å²) < 4.78 is 5.96. The van der Waals surface area contributed by atoms with Gasteiger partial charge < -0.3 is 14.7 Å². The Labute approximate surface area is 177 Å². The molecule has 29 heavy (non-hydrogen) atoms. The number of unbranched alkanes of at least 4 members (excludes halogenated alkanes) is 1. The number of rotatable bonds is 12. The molecule has 0 atom stereocenters. The van der Waals surface area contributed by atoms with Gasteiger partial charge in [0.15, 0.2) is 0 Å². The largest absolute Gasteiger partial charge is 0.508 e. The van der Waals surface area contributed by atoms with Crippen LogP contribution in [-0.2, 0) is 0 Å². The molecule has 0 aliphatic rings. The van der Waals surface area contributed by atoms with Crippen LogP contribution in [-0.4, -0.2) is 36.2 Å². The summed E-state index contributed by atoms with van der Waals surface area (Å²) in [6.45, 7) is 12.6. The summed E-state index contributed by atoms with van der Waals surface area (Å²) in [7, 11) is 0. The van der Waals surface area contributed by atoms with Gasteiger partial charge >= 0.3 is 0 Å². The summed E-state index contributed by atoms with van der Waals surface area (Å²) in [5, 5.41) is 9.70. The number of ether oxygens (including phenoxy) is 1. The van der Waals surface area contributed by atoms with Crippen molar-refractivity contribution in [2.45, 2.75) is 53.4 Å². The highest BCUT2D eigenvalue weighted by molar-refractivity contribution is 5.82. The highest BCUT2D eigenvalue weighted by Gasteiger charge is 2.12. The van der Waals surface area contributed by atoms with Crippen molar-refractivity contribution in [3.63, 3.8) is 0 Å². The van der Waals surface area contributed by atoms with Crippen LogP contribution in [0.2, 0.25) is 0 Å². The van der Waals surface area contributed by atoms with Crippen molar-refractivity contribution in [3.8, 4) is 11.5 Å². The Hall–Kier alpha value is -2.26. The van der Waals surface area contributed by atoms with Crippen molar-refractivity contribution in [1.82, 2.24) is 4.90 Å². The van der Waals surface area contributed by atoms with Crippen LogP contribution in [0.1, 0.15) is 64.5 Å². The molecule has 0 fully saturated rings. The number of aromatic hydroxyl groups is 1. The molecule has 0 saturated heterocycles. The molecule has 3 nitrogen and oxygen atoms in total.